The number of benzene rings is 1. The number of nitrogens with one attached hydrogen (secondary N) is 1. The Kier molecular flexibility index (Phi) is 4.62. The van der Waals surface area contributed by atoms with Crippen LogP contribution in [0.15, 0.2) is 30.5 Å². The molecule has 0 unspecified atom stereocenters. The quantitative estimate of drug-likeness (QED) is 0.619. The maximum Gasteiger partial charge on any atom is 0.349 e. The van der Waals surface area contributed by atoms with E-state index >= 15 is 0 Å². The second-order valence-corrected chi connectivity index (χ2v) is 4.08. The van der Waals surface area contributed by atoms with E-state index in [1.165, 1.54) is 0 Å². The third-order valence-electron chi connectivity index (χ3n) is 2.56. The Bertz CT molecular complexity index is 648. The lowest BCUT2D eigenvalue weighted by atomic mass is 10.2. The van der Waals surface area contributed by atoms with E-state index in [9.17, 15) is 10.1 Å². The van der Waals surface area contributed by atoms with Crippen LogP contribution in [0, 0.1) is 10.1 Å². The van der Waals surface area contributed by atoms with Gasteiger partial charge in [0.05, 0.1) is 11.5 Å². The minimum Gasteiger partial charge on any atom is -0.434 e. The topological polar surface area (TPSA) is 110 Å². The molecule has 0 radical (unpaired) electrons. The molecule has 0 aliphatic carbocycles. The molecule has 8 heteroatoms. The minimum absolute atomic E-state index is 0.147. The van der Waals surface area contributed by atoms with Crippen LogP contribution in [0.1, 0.15) is 12.5 Å². The summed E-state index contributed by atoms with van der Waals surface area (Å²) >= 11 is 0. The first-order valence-electron chi connectivity index (χ1n) is 6.27. The molecule has 0 fully saturated rings. The Morgan fingerprint density at radius 3 is 2.95 bits per heavy atom. The van der Waals surface area contributed by atoms with Crippen molar-refractivity contribution in [3.63, 3.8) is 0 Å². The Labute approximate surface area is 120 Å². The highest BCUT2D eigenvalue weighted by Gasteiger charge is 2.19. The highest BCUT2D eigenvalue weighted by atomic mass is 16.6. The van der Waals surface area contributed by atoms with Crippen LogP contribution in [-0.2, 0) is 6.61 Å². The molecule has 1 heterocycles. The van der Waals surface area contributed by atoms with Gasteiger partial charge in [-0.3, -0.25) is 10.1 Å². The lowest BCUT2D eigenvalue weighted by Gasteiger charge is -2.08. The van der Waals surface area contributed by atoms with E-state index < -0.39 is 4.92 Å². The van der Waals surface area contributed by atoms with E-state index in [-0.39, 0.29) is 24.1 Å². The number of aromatic nitrogens is 2. The highest BCUT2D eigenvalue weighted by molar-refractivity contribution is 5.45. The van der Waals surface area contributed by atoms with Crippen molar-refractivity contribution in [2.75, 3.05) is 11.9 Å². The molecule has 0 aliphatic heterocycles. The fourth-order valence-electron chi connectivity index (χ4n) is 1.62. The lowest BCUT2D eigenvalue weighted by molar-refractivity contribution is -0.386. The monoisotopic (exact) mass is 290 g/mol. The molecule has 0 atom stereocenters. The Balaban J connectivity index is 2.35. The summed E-state index contributed by atoms with van der Waals surface area (Å²) < 4.78 is 5.46. The molecule has 21 heavy (non-hydrogen) atoms. The molecular formula is C13H14N4O4. The number of rotatable bonds is 6. The molecule has 110 valence electrons. The highest BCUT2D eigenvalue weighted by Crippen LogP contribution is 2.29. The summed E-state index contributed by atoms with van der Waals surface area (Å²) in [5, 5.41) is 22.9. The van der Waals surface area contributed by atoms with E-state index in [1.54, 1.807) is 24.3 Å². The maximum absolute atomic E-state index is 11.0. The number of aliphatic hydroxyl groups is 1. The van der Waals surface area contributed by atoms with Gasteiger partial charge in [-0.05, 0) is 24.6 Å². The van der Waals surface area contributed by atoms with Crippen LogP contribution < -0.4 is 10.1 Å². The smallest absolute Gasteiger partial charge is 0.349 e. The zero-order valence-corrected chi connectivity index (χ0v) is 11.3. The number of nitrogens with zero attached hydrogens (tertiary/aromatic N) is 3. The molecule has 2 aromatic rings. The summed E-state index contributed by atoms with van der Waals surface area (Å²) in [6.45, 7) is 2.29. The molecule has 0 aliphatic rings. The van der Waals surface area contributed by atoms with Crippen LogP contribution in [0.5, 0.6) is 11.6 Å². The number of nitro groups is 1. The van der Waals surface area contributed by atoms with Crippen molar-refractivity contribution >= 4 is 11.6 Å². The molecule has 8 nitrogen and oxygen atoms in total. The summed E-state index contributed by atoms with van der Waals surface area (Å²) in [4.78, 5) is 18.2. The van der Waals surface area contributed by atoms with E-state index in [4.69, 9.17) is 9.84 Å². The summed E-state index contributed by atoms with van der Waals surface area (Å²) in [6.07, 6.45) is 1.09. The second-order valence-electron chi connectivity index (χ2n) is 4.08. The van der Waals surface area contributed by atoms with Crippen LogP contribution in [-0.4, -0.2) is 26.5 Å². The molecule has 0 spiro atoms. The van der Waals surface area contributed by atoms with E-state index in [0.717, 1.165) is 6.20 Å². The number of hydrogen-bond acceptors (Lipinski definition) is 7. The van der Waals surface area contributed by atoms with Crippen LogP contribution in [0.25, 0.3) is 0 Å². The van der Waals surface area contributed by atoms with Crippen LogP contribution in [0.3, 0.4) is 0 Å². The van der Waals surface area contributed by atoms with Crippen molar-refractivity contribution in [1.29, 1.82) is 0 Å². The number of aliphatic hydroxyl groups excluding tert-OH is 1. The SMILES string of the molecule is CCNc1ncc([N+](=O)[O-])c(Oc2cccc(CO)c2)n1. The largest absolute Gasteiger partial charge is 0.434 e. The maximum atomic E-state index is 11.0. The molecule has 2 rings (SSSR count). The molecule has 0 amide bonds. The molecule has 0 saturated heterocycles. The molecule has 0 bridgehead atoms. The fraction of sp³-hybridized carbons (Fsp3) is 0.231. The van der Waals surface area contributed by atoms with Gasteiger partial charge in [-0.15, -0.1) is 0 Å². The van der Waals surface area contributed by atoms with Gasteiger partial charge in [0.2, 0.25) is 5.95 Å². The van der Waals surface area contributed by atoms with Gasteiger partial charge in [0.1, 0.15) is 11.9 Å². The van der Waals surface area contributed by atoms with Gasteiger partial charge in [0.25, 0.3) is 0 Å². The zero-order valence-electron chi connectivity index (χ0n) is 11.3. The first-order chi connectivity index (χ1) is 10.1. The molecule has 1 aromatic heterocycles. The van der Waals surface area contributed by atoms with Crippen LogP contribution in [0.2, 0.25) is 0 Å². The van der Waals surface area contributed by atoms with Crippen molar-refractivity contribution in [3.05, 3.63) is 46.1 Å². The lowest BCUT2D eigenvalue weighted by Crippen LogP contribution is -2.05. The predicted molar refractivity (Wildman–Crippen MR) is 75.3 cm³/mol. The van der Waals surface area contributed by atoms with E-state index in [1.807, 2.05) is 6.92 Å². The second kappa shape index (κ2) is 6.62. The Morgan fingerprint density at radius 1 is 1.48 bits per heavy atom. The molecule has 0 saturated carbocycles. The summed E-state index contributed by atoms with van der Waals surface area (Å²) in [6, 6.07) is 6.60. The Morgan fingerprint density at radius 2 is 2.29 bits per heavy atom. The van der Waals surface area contributed by atoms with Crippen molar-refractivity contribution in [1.82, 2.24) is 9.97 Å². The average Bonchev–Trinajstić information content (AvgIpc) is 2.48. The van der Waals surface area contributed by atoms with Gasteiger partial charge >= 0.3 is 11.6 Å². The van der Waals surface area contributed by atoms with Gasteiger partial charge < -0.3 is 15.2 Å². The van der Waals surface area contributed by atoms with Gasteiger partial charge in [-0.2, -0.15) is 4.98 Å². The van der Waals surface area contributed by atoms with Crippen LogP contribution >= 0.6 is 0 Å². The first kappa shape index (κ1) is 14.7. The summed E-state index contributed by atoms with van der Waals surface area (Å²) in [5.74, 6) is 0.447. The minimum atomic E-state index is -0.610. The number of ether oxygens (including phenoxy) is 1. The molecule has 1 aromatic carbocycles. The third-order valence-corrected chi connectivity index (χ3v) is 2.56. The normalized spacial score (nSPS) is 10.2. The van der Waals surface area contributed by atoms with Gasteiger partial charge in [-0.25, -0.2) is 4.98 Å². The average molecular weight is 290 g/mol. The van der Waals surface area contributed by atoms with Crippen molar-refractivity contribution in [3.8, 4) is 11.6 Å². The van der Waals surface area contributed by atoms with E-state index in [0.29, 0.717) is 17.9 Å². The van der Waals surface area contributed by atoms with Gasteiger partial charge in [-0.1, -0.05) is 12.1 Å². The van der Waals surface area contributed by atoms with Gasteiger partial charge in [0, 0.05) is 6.54 Å². The Hall–Kier alpha value is -2.74. The summed E-state index contributed by atoms with van der Waals surface area (Å²) in [7, 11) is 0. The number of anilines is 1. The number of hydrogen-bond donors (Lipinski definition) is 2. The third kappa shape index (κ3) is 3.63. The van der Waals surface area contributed by atoms with Crippen molar-refractivity contribution < 1.29 is 14.8 Å². The van der Waals surface area contributed by atoms with Crippen molar-refractivity contribution in [2.24, 2.45) is 0 Å². The summed E-state index contributed by atoms with van der Waals surface area (Å²) in [5.41, 5.74) is 0.308. The van der Waals surface area contributed by atoms with E-state index in [2.05, 4.69) is 15.3 Å². The zero-order chi connectivity index (χ0) is 15.2. The predicted octanol–water partition coefficient (Wildman–Crippen LogP) is 2.10. The first-order valence-corrected chi connectivity index (χ1v) is 6.27. The molecule has 2 N–H and O–H groups in total. The fourth-order valence-corrected chi connectivity index (χ4v) is 1.62. The molecular weight excluding hydrogens is 276 g/mol. The standard InChI is InChI=1S/C13H14N4O4/c1-2-14-13-15-7-11(17(19)20)12(16-13)21-10-5-3-4-9(6-10)8-18/h3-7,18H,2,8H2,1H3,(H,14,15,16). The van der Waals surface area contributed by atoms with Gasteiger partial charge in [0.15, 0.2) is 0 Å². The van der Waals surface area contributed by atoms with Crippen molar-refractivity contribution in [2.45, 2.75) is 13.5 Å². The van der Waals surface area contributed by atoms with Crippen LogP contribution in [0.4, 0.5) is 11.6 Å².